The lowest BCUT2D eigenvalue weighted by Crippen LogP contribution is -2.41. The monoisotopic (exact) mass is 285 g/mol. The minimum atomic E-state index is -3.16. The van der Waals surface area contributed by atoms with E-state index in [1.807, 2.05) is 0 Å². The Bertz CT molecular complexity index is 564. The topological polar surface area (TPSA) is 83.5 Å². The lowest BCUT2D eigenvalue weighted by Gasteiger charge is -2.23. The van der Waals surface area contributed by atoms with Gasteiger partial charge in [-0.1, -0.05) is 18.2 Å². The lowest BCUT2D eigenvalue weighted by molar-refractivity contribution is 0.0695. The molecule has 0 fully saturated rings. The van der Waals surface area contributed by atoms with E-state index in [2.05, 4.69) is 5.32 Å². The first-order valence-electron chi connectivity index (χ1n) is 5.87. The number of carbonyl (C=O) groups is 1. The van der Waals surface area contributed by atoms with Crippen LogP contribution < -0.4 is 5.32 Å². The second kappa shape index (κ2) is 5.71. The minimum Gasteiger partial charge on any atom is -0.478 e. The van der Waals surface area contributed by atoms with Gasteiger partial charge in [0.25, 0.3) is 0 Å². The highest BCUT2D eigenvalue weighted by Gasteiger charge is 2.29. The molecule has 106 valence electrons. The van der Waals surface area contributed by atoms with Crippen LogP contribution in [0.3, 0.4) is 0 Å². The molecule has 0 atom stereocenters. The average Bonchev–Trinajstić information content (AvgIpc) is 2.27. The Hall–Kier alpha value is -1.40. The van der Waals surface area contributed by atoms with E-state index >= 15 is 0 Å². The number of carboxylic acid groups (broad SMARTS) is 1. The summed E-state index contributed by atoms with van der Waals surface area (Å²) in [6.07, 6.45) is 1.19. The van der Waals surface area contributed by atoms with E-state index in [0.29, 0.717) is 12.1 Å². The van der Waals surface area contributed by atoms with Crippen LogP contribution in [0.25, 0.3) is 0 Å². The molecule has 0 bridgehead atoms. The maximum atomic E-state index is 11.5. The van der Waals surface area contributed by atoms with Crippen molar-refractivity contribution in [3.63, 3.8) is 0 Å². The molecule has 1 rings (SSSR count). The molecule has 6 heteroatoms. The van der Waals surface area contributed by atoms with Gasteiger partial charge in [0.1, 0.15) is 0 Å². The van der Waals surface area contributed by atoms with Crippen molar-refractivity contribution in [2.75, 3.05) is 12.8 Å². The fraction of sp³-hybridized carbons (Fsp3) is 0.462. The number of rotatable bonds is 6. The molecule has 0 spiro atoms. The molecule has 2 N–H and O–H groups in total. The van der Waals surface area contributed by atoms with Gasteiger partial charge < -0.3 is 10.4 Å². The van der Waals surface area contributed by atoms with Crippen molar-refractivity contribution in [1.82, 2.24) is 5.32 Å². The third-order valence-electron chi connectivity index (χ3n) is 3.12. The Morgan fingerprint density at radius 1 is 1.32 bits per heavy atom. The molecule has 0 unspecified atom stereocenters. The molecule has 0 radical (unpaired) electrons. The summed E-state index contributed by atoms with van der Waals surface area (Å²) in [5.74, 6) is -0.986. The fourth-order valence-electron chi connectivity index (χ4n) is 1.51. The van der Waals surface area contributed by atoms with E-state index in [9.17, 15) is 13.2 Å². The van der Waals surface area contributed by atoms with Gasteiger partial charge in [-0.25, -0.2) is 13.2 Å². The predicted molar refractivity (Wildman–Crippen MR) is 74.0 cm³/mol. The molecule has 0 saturated heterocycles. The average molecular weight is 285 g/mol. The Labute approximate surface area is 113 Å². The molecule has 0 aliphatic heterocycles. The first kappa shape index (κ1) is 15.7. The molecular weight excluding hydrogens is 266 g/mol. The highest BCUT2D eigenvalue weighted by Crippen LogP contribution is 2.14. The first-order valence-corrected chi connectivity index (χ1v) is 7.76. The lowest BCUT2D eigenvalue weighted by atomic mass is 10.1. The van der Waals surface area contributed by atoms with Crippen LogP contribution in [0.2, 0.25) is 0 Å². The third-order valence-corrected chi connectivity index (χ3v) is 5.27. The summed E-state index contributed by atoms with van der Waals surface area (Å²) in [5.41, 5.74) is 0.867. The van der Waals surface area contributed by atoms with Crippen LogP contribution in [0.5, 0.6) is 0 Å². The molecule has 0 amide bonds. The van der Waals surface area contributed by atoms with E-state index in [1.165, 1.54) is 12.3 Å². The molecule has 0 saturated carbocycles. The summed E-state index contributed by atoms with van der Waals surface area (Å²) in [7, 11) is -3.16. The largest absolute Gasteiger partial charge is 0.478 e. The summed E-state index contributed by atoms with van der Waals surface area (Å²) < 4.78 is 22.2. The van der Waals surface area contributed by atoms with Crippen molar-refractivity contribution in [3.05, 3.63) is 35.4 Å². The molecule has 19 heavy (non-hydrogen) atoms. The van der Waals surface area contributed by atoms with E-state index in [1.54, 1.807) is 32.0 Å². The number of benzene rings is 1. The van der Waals surface area contributed by atoms with Gasteiger partial charge in [-0.15, -0.1) is 0 Å². The first-order chi connectivity index (χ1) is 8.65. The van der Waals surface area contributed by atoms with Gasteiger partial charge in [0.2, 0.25) is 0 Å². The maximum Gasteiger partial charge on any atom is 0.336 e. The Morgan fingerprint density at radius 2 is 1.89 bits per heavy atom. The molecular formula is C13H19NO4S. The summed E-state index contributed by atoms with van der Waals surface area (Å²) >= 11 is 0. The van der Waals surface area contributed by atoms with Gasteiger partial charge in [0.05, 0.1) is 10.3 Å². The van der Waals surface area contributed by atoms with E-state index in [4.69, 9.17) is 5.11 Å². The molecule has 1 aromatic carbocycles. The minimum absolute atomic E-state index is 0.229. The zero-order chi connectivity index (χ0) is 14.7. The highest BCUT2D eigenvalue weighted by molar-refractivity contribution is 7.92. The second-order valence-corrected chi connectivity index (χ2v) is 7.75. The van der Waals surface area contributed by atoms with Crippen molar-refractivity contribution in [3.8, 4) is 0 Å². The van der Waals surface area contributed by atoms with E-state index in [0.717, 1.165) is 0 Å². The number of hydrogen-bond acceptors (Lipinski definition) is 4. The van der Waals surface area contributed by atoms with Gasteiger partial charge in [-0.3, -0.25) is 0 Å². The summed E-state index contributed by atoms with van der Waals surface area (Å²) in [6, 6.07) is 6.66. The normalized spacial score (nSPS) is 12.4. The number of carboxylic acids is 1. The zero-order valence-electron chi connectivity index (χ0n) is 11.3. The molecule has 5 nitrogen and oxygen atoms in total. The SMILES string of the molecule is CC(C)(CNCc1ccccc1C(=O)O)S(C)(=O)=O. The van der Waals surface area contributed by atoms with Gasteiger partial charge in [0.15, 0.2) is 9.84 Å². The summed E-state index contributed by atoms with van der Waals surface area (Å²) in [6.45, 7) is 3.86. The summed E-state index contributed by atoms with van der Waals surface area (Å²) in [5, 5.41) is 12.0. The van der Waals surface area contributed by atoms with Crippen LogP contribution >= 0.6 is 0 Å². The number of sulfone groups is 1. The molecule has 0 aliphatic rings. The standard InChI is InChI=1S/C13H19NO4S/c1-13(2,19(3,17)18)9-14-8-10-6-4-5-7-11(10)12(15)16/h4-7,14H,8-9H2,1-3H3,(H,15,16). The third kappa shape index (κ3) is 4.04. The van der Waals surface area contributed by atoms with E-state index < -0.39 is 20.6 Å². The van der Waals surface area contributed by atoms with Crippen LogP contribution in [0, 0.1) is 0 Å². The predicted octanol–water partition coefficient (Wildman–Crippen LogP) is 1.30. The fourth-order valence-corrected chi connectivity index (χ4v) is 1.88. The van der Waals surface area contributed by atoms with Crippen LogP contribution in [-0.2, 0) is 16.4 Å². The zero-order valence-corrected chi connectivity index (χ0v) is 12.1. The highest BCUT2D eigenvalue weighted by atomic mass is 32.2. The smallest absolute Gasteiger partial charge is 0.336 e. The number of nitrogens with one attached hydrogen (secondary N) is 1. The maximum absolute atomic E-state index is 11.5. The van der Waals surface area contributed by atoms with Crippen LogP contribution in [0.4, 0.5) is 0 Å². The van der Waals surface area contributed by atoms with Crippen LogP contribution in [0.15, 0.2) is 24.3 Å². The van der Waals surface area contributed by atoms with Gasteiger partial charge >= 0.3 is 5.97 Å². The van der Waals surface area contributed by atoms with Crippen molar-refractivity contribution < 1.29 is 18.3 Å². The summed E-state index contributed by atoms with van der Waals surface area (Å²) in [4.78, 5) is 11.0. The van der Waals surface area contributed by atoms with Gasteiger partial charge in [0, 0.05) is 19.3 Å². The Balaban J connectivity index is 2.72. The Morgan fingerprint density at radius 3 is 2.42 bits per heavy atom. The van der Waals surface area contributed by atoms with Crippen LogP contribution in [-0.4, -0.2) is 37.0 Å². The van der Waals surface area contributed by atoms with Crippen molar-refractivity contribution in [1.29, 1.82) is 0 Å². The molecule has 0 aliphatic carbocycles. The number of aromatic carboxylic acids is 1. The van der Waals surface area contributed by atoms with E-state index in [-0.39, 0.29) is 12.1 Å². The van der Waals surface area contributed by atoms with Crippen molar-refractivity contribution >= 4 is 15.8 Å². The number of hydrogen-bond donors (Lipinski definition) is 2. The Kier molecular flexibility index (Phi) is 4.70. The second-order valence-electron chi connectivity index (χ2n) is 5.10. The van der Waals surface area contributed by atoms with Crippen molar-refractivity contribution in [2.24, 2.45) is 0 Å². The van der Waals surface area contributed by atoms with Crippen LogP contribution in [0.1, 0.15) is 29.8 Å². The quantitative estimate of drug-likeness (QED) is 0.823. The van der Waals surface area contributed by atoms with Gasteiger partial charge in [-0.2, -0.15) is 0 Å². The molecule has 0 aromatic heterocycles. The van der Waals surface area contributed by atoms with Gasteiger partial charge in [-0.05, 0) is 25.5 Å². The van der Waals surface area contributed by atoms with Crippen molar-refractivity contribution in [2.45, 2.75) is 25.1 Å². The molecule has 1 aromatic rings. The molecule has 0 heterocycles.